The zero-order chi connectivity index (χ0) is 19.3. The summed E-state index contributed by atoms with van der Waals surface area (Å²) in [7, 11) is 0. The van der Waals surface area contributed by atoms with E-state index in [4.69, 9.17) is 14.4 Å². The highest BCUT2D eigenvalue weighted by molar-refractivity contribution is 5.56. The first-order valence-corrected chi connectivity index (χ1v) is 8.04. The Labute approximate surface area is 152 Å². The summed E-state index contributed by atoms with van der Waals surface area (Å²) >= 11 is 0. The van der Waals surface area contributed by atoms with Crippen LogP contribution in [0.3, 0.4) is 0 Å². The number of nitrogens with zero attached hydrogens (tertiary/aromatic N) is 2. The molecule has 0 spiro atoms. The van der Waals surface area contributed by atoms with Crippen LogP contribution in [0.5, 0.6) is 5.75 Å². The Morgan fingerprint density at radius 2 is 1.89 bits per heavy atom. The summed E-state index contributed by atoms with van der Waals surface area (Å²) < 4.78 is 50.1. The molecule has 0 unspecified atom stereocenters. The molecule has 0 bridgehead atoms. The smallest absolute Gasteiger partial charge is 0.418 e. The SMILES string of the molecule is OCCOc1ccc(NCc2noc(-c3ccccc3)n2)c(C(F)(F)F)c1. The molecule has 6 nitrogen and oxygen atoms in total. The van der Waals surface area contributed by atoms with Gasteiger partial charge in [0.2, 0.25) is 0 Å². The molecule has 142 valence electrons. The van der Waals surface area contributed by atoms with Gasteiger partial charge >= 0.3 is 6.18 Å². The van der Waals surface area contributed by atoms with Crippen LogP contribution in [-0.2, 0) is 12.7 Å². The van der Waals surface area contributed by atoms with Gasteiger partial charge in [-0.3, -0.25) is 0 Å². The predicted molar refractivity (Wildman–Crippen MR) is 91.1 cm³/mol. The minimum Gasteiger partial charge on any atom is -0.491 e. The lowest BCUT2D eigenvalue weighted by Crippen LogP contribution is -2.12. The molecule has 27 heavy (non-hydrogen) atoms. The fourth-order valence-corrected chi connectivity index (χ4v) is 2.36. The summed E-state index contributed by atoms with van der Waals surface area (Å²) in [5.74, 6) is 0.534. The molecule has 0 atom stereocenters. The lowest BCUT2D eigenvalue weighted by Gasteiger charge is -2.15. The fraction of sp³-hybridized carbons (Fsp3) is 0.222. The number of halogens is 3. The van der Waals surface area contributed by atoms with Crippen molar-refractivity contribution in [3.8, 4) is 17.2 Å². The van der Waals surface area contributed by atoms with E-state index in [1.165, 1.54) is 12.1 Å². The number of aliphatic hydroxyl groups excluding tert-OH is 1. The molecule has 1 aromatic heterocycles. The van der Waals surface area contributed by atoms with Gasteiger partial charge in [0.25, 0.3) is 5.89 Å². The molecule has 0 aliphatic rings. The van der Waals surface area contributed by atoms with Gasteiger partial charge in [-0.15, -0.1) is 0 Å². The molecule has 0 amide bonds. The van der Waals surface area contributed by atoms with E-state index < -0.39 is 11.7 Å². The zero-order valence-corrected chi connectivity index (χ0v) is 14.0. The molecule has 0 aliphatic carbocycles. The van der Waals surface area contributed by atoms with Gasteiger partial charge < -0.3 is 19.7 Å². The van der Waals surface area contributed by atoms with Crippen LogP contribution in [-0.4, -0.2) is 28.5 Å². The van der Waals surface area contributed by atoms with E-state index in [0.717, 1.165) is 11.6 Å². The number of benzene rings is 2. The molecule has 0 saturated heterocycles. The van der Waals surface area contributed by atoms with Crippen LogP contribution in [0.25, 0.3) is 11.5 Å². The Morgan fingerprint density at radius 3 is 2.59 bits per heavy atom. The number of aromatic nitrogens is 2. The highest BCUT2D eigenvalue weighted by Crippen LogP contribution is 2.37. The number of aliphatic hydroxyl groups is 1. The van der Waals surface area contributed by atoms with E-state index in [1.807, 2.05) is 18.2 Å². The second-order valence-electron chi connectivity index (χ2n) is 5.51. The molecule has 2 N–H and O–H groups in total. The maximum Gasteiger partial charge on any atom is 0.418 e. The number of ether oxygens (including phenoxy) is 1. The van der Waals surface area contributed by atoms with Crippen molar-refractivity contribution in [3.05, 3.63) is 59.9 Å². The number of nitrogens with one attached hydrogen (secondary N) is 1. The molecule has 0 radical (unpaired) electrons. The third-order valence-electron chi connectivity index (χ3n) is 3.58. The monoisotopic (exact) mass is 379 g/mol. The van der Waals surface area contributed by atoms with Crippen LogP contribution in [0.4, 0.5) is 18.9 Å². The van der Waals surface area contributed by atoms with Gasteiger partial charge in [0.15, 0.2) is 5.82 Å². The molecule has 0 saturated carbocycles. The van der Waals surface area contributed by atoms with Crippen molar-refractivity contribution in [2.45, 2.75) is 12.7 Å². The van der Waals surface area contributed by atoms with Gasteiger partial charge in [-0.1, -0.05) is 23.4 Å². The van der Waals surface area contributed by atoms with Crippen LogP contribution >= 0.6 is 0 Å². The second-order valence-corrected chi connectivity index (χ2v) is 5.51. The highest BCUT2D eigenvalue weighted by atomic mass is 19.4. The summed E-state index contributed by atoms with van der Waals surface area (Å²) in [6.45, 7) is -0.422. The van der Waals surface area contributed by atoms with Crippen molar-refractivity contribution in [3.63, 3.8) is 0 Å². The first-order valence-electron chi connectivity index (χ1n) is 8.04. The van der Waals surface area contributed by atoms with Crippen molar-refractivity contribution < 1.29 is 27.5 Å². The van der Waals surface area contributed by atoms with E-state index in [1.54, 1.807) is 12.1 Å². The number of hydrogen-bond donors (Lipinski definition) is 2. The molecular formula is C18H16F3N3O3. The Balaban J connectivity index is 1.75. The maximum absolute atomic E-state index is 13.3. The molecule has 9 heteroatoms. The van der Waals surface area contributed by atoms with Crippen molar-refractivity contribution in [2.75, 3.05) is 18.5 Å². The Kier molecular flexibility index (Phi) is 5.60. The standard InChI is InChI=1S/C18H16F3N3O3/c19-18(20,21)14-10-13(26-9-8-25)6-7-15(14)22-11-16-23-17(27-24-16)12-4-2-1-3-5-12/h1-7,10,22,25H,8-9,11H2. The molecule has 0 aliphatic heterocycles. The normalized spacial score (nSPS) is 11.4. The molecule has 0 fully saturated rings. The van der Waals surface area contributed by atoms with Crippen molar-refractivity contribution in [1.82, 2.24) is 10.1 Å². The molecular weight excluding hydrogens is 363 g/mol. The third-order valence-corrected chi connectivity index (χ3v) is 3.58. The van der Waals surface area contributed by atoms with Gasteiger partial charge in [-0.05, 0) is 30.3 Å². The number of rotatable bonds is 7. The van der Waals surface area contributed by atoms with Crippen molar-refractivity contribution in [1.29, 1.82) is 0 Å². The Hall–Kier alpha value is -3.07. The summed E-state index contributed by atoms with van der Waals surface area (Å²) in [6, 6.07) is 12.6. The van der Waals surface area contributed by atoms with E-state index in [-0.39, 0.29) is 42.9 Å². The lowest BCUT2D eigenvalue weighted by molar-refractivity contribution is -0.137. The quantitative estimate of drug-likeness (QED) is 0.651. The number of hydrogen-bond acceptors (Lipinski definition) is 6. The molecule has 2 aromatic carbocycles. The Morgan fingerprint density at radius 1 is 1.11 bits per heavy atom. The van der Waals surface area contributed by atoms with E-state index in [9.17, 15) is 13.2 Å². The van der Waals surface area contributed by atoms with Gasteiger partial charge in [0.1, 0.15) is 12.4 Å². The zero-order valence-electron chi connectivity index (χ0n) is 14.0. The van der Waals surface area contributed by atoms with Crippen molar-refractivity contribution in [2.24, 2.45) is 0 Å². The van der Waals surface area contributed by atoms with Gasteiger partial charge in [-0.2, -0.15) is 18.2 Å². The van der Waals surface area contributed by atoms with Gasteiger partial charge in [0, 0.05) is 11.3 Å². The highest BCUT2D eigenvalue weighted by Gasteiger charge is 2.34. The lowest BCUT2D eigenvalue weighted by atomic mass is 10.1. The van der Waals surface area contributed by atoms with Crippen LogP contribution in [0.1, 0.15) is 11.4 Å². The van der Waals surface area contributed by atoms with Crippen LogP contribution in [0.15, 0.2) is 53.1 Å². The first-order chi connectivity index (χ1) is 13.0. The van der Waals surface area contributed by atoms with E-state index in [2.05, 4.69) is 15.5 Å². The molecule has 3 rings (SSSR count). The average molecular weight is 379 g/mol. The minimum atomic E-state index is -4.58. The third kappa shape index (κ3) is 4.76. The maximum atomic E-state index is 13.3. The number of alkyl halides is 3. The van der Waals surface area contributed by atoms with Crippen molar-refractivity contribution >= 4 is 5.69 Å². The first kappa shape index (κ1) is 18.7. The molecule has 3 aromatic rings. The van der Waals surface area contributed by atoms with E-state index in [0.29, 0.717) is 0 Å². The van der Waals surface area contributed by atoms with Gasteiger partial charge in [0.05, 0.1) is 18.7 Å². The summed E-state index contributed by atoms with van der Waals surface area (Å²) in [5, 5.41) is 15.2. The predicted octanol–water partition coefficient (Wildman–Crippen LogP) is 3.74. The van der Waals surface area contributed by atoms with Crippen LogP contribution in [0.2, 0.25) is 0 Å². The number of anilines is 1. The summed E-state index contributed by atoms with van der Waals surface area (Å²) in [6.07, 6.45) is -4.58. The van der Waals surface area contributed by atoms with E-state index >= 15 is 0 Å². The summed E-state index contributed by atoms with van der Waals surface area (Å²) in [5.41, 5.74) is -0.299. The molecule has 1 heterocycles. The van der Waals surface area contributed by atoms with Gasteiger partial charge in [-0.25, -0.2) is 0 Å². The second kappa shape index (κ2) is 8.09. The fourth-order valence-electron chi connectivity index (χ4n) is 2.36. The van der Waals surface area contributed by atoms with Crippen LogP contribution < -0.4 is 10.1 Å². The Bertz CT molecular complexity index is 882. The van der Waals surface area contributed by atoms with Crippen LogP contribution in [0, 0.1) is 0 Å². The topological polar surface area (TPSA) is 80.4 Å². The largest absolute Gasteiger partial charge is 0.491 e. The average Bonchev–Trinajstić information content (AvgIpc) is 3.14. The minimum absolute atomic E-state index is 0.0212. The summed E-state index contributed by atoms with van der Waals surface area (Å²) in [4.78, 5) is 4.17.